The van der Waals surface area contributed by atoms with Gasteiger partial charge in [0.15, 0.2) is 5.96 Å². The van der Waals surface area contributed by atoms with Crippen LogP contribution >= 0.6 is 35.3 Å². The molecular weight excluding hydrogens is 455 g/mol. The normalized spacial score (nSPS) is 15.7. The lowest BCUT2D eigenvalue weighted by molar-refractivity contribution is 0.192. The summed E-state index contributed by atoms with van der Waals surface area (Å²) in [7, 11) is 3.94. The van der Waals surface area contributed by atoms with Crippen LogP contribution in [0.25, 0.3) is 0 Å². The zero-order valence-corrected chi connectivity index (χ0v) is 19.0. The maximum atomic E-state index is 4.44. The number of hydrogen-bond donors (Lipinski definition) is 1. The number of halogens is 1. The molecule has 142 valence electrons. The molecule has 4 nitrogen and oxygen atoms in total. The van der Waals surface area contributed by atoms with Crippen molar-refractivity contribution in [3.8, 4) is 0 Å². The van der Waals surface area contributed by atoms with Crippen LogP contribution in [0.5, 0.6) is 0 Å². The Balaban J connectivity index is 0.00000243. The van der Waals surface area contributed by atoms with Crippen molar-refractivity contribution >= 4 is 41.3 Å². The third kappa shape index (κ3) is 5.44. The summed E-state index contributed by atoms with van der Waals surface area (Å²) in [5.74, 6) is 0.948. The summed E-state index contributed by atoms with van der Waals surface area (Å²) >= 11 is 1.90. The second-order valence-electron chi connectivity index (χ2n) is 6.71. The summed E-state index contributed by atoms with van der Waals surface area (Å²) in [4.78, 5) is 10.7. The van der Waals surface area contributed by atoms with Crippen LogP contribution in [0.2, 0.25) is 0 Å². The van der Waals surface area contributed by atoms with E-state index >= 15 is 0 Å². The number of benzene rings is 1. The van der Waals surface area contributed by atoms with Gasteiger partial charge in [0.05, 0.1) is 0 Å². The molecule has 0 fully saturated rings. The Morgan fingerprint density at radius 3 is 2.81 bits per heavy atom. The number of rotatable bonds is 5. The van der Waals surface area contributed by atoms with Gasteiger partial charge in [-0.25, -0.2) is 0 Å². The molecule has 0 aliphatic carbocycles. The number of guanidine groups is 1. The van der Waals surface area contributed by atoms with E-state index < -0.39 is 0 Å². The van der Waals surface area contributed by atoms with Crippen molar-refractivity contribution in [1.29, 1.82) is 0 Å². The van der Waals surface area contributed by atoms with Crippen LogP contribution in [0.15, 0.2) is 46.8 Å². The van der Waals surface area contributed by atoms with Crippen LogP contribution in [0.1, 0.15) is 22.9 Å². The summed E-state index contributed by atoms with van der Waals surface area (Å²) in [5, 5.41) is 5.76. The fourth-order valence-corrected chi connectivity index (χ4v) is 4.22. The predicted molar refractivity (Wildman–Crippen MR) is 123 cm³/mol. The van der Waals surface area contributed by atoms with Gasteiger partial charge < -0.3 is 10.2 Å². The SMILES string of the molecule is CN=C(NCC(C)N1CCc2sccc2C1)N(C)Cc1ccccc1.I. The molecule has 0 amide bonds. The molecule has 0 spiro atoms. The molecule has 2 heterocycles. The molecule has 1 atom stereocenters. The highest BCUT2D eigenvalue weighted by molar-refractivity contribution is 14.0. The van der Waals surface area contributed by atoms with Crippen LogP contribution in [0.3, 0.4) is 0 Å². The Hall–Kier alpha value is -1.12. The molecule has 1 aromatic heterocycles. The second-order valence-corrected chi connectivity index (χ2v) is 7.71. The summed E-state index contributed by atoms with van der Waals surface area (Å²) in [5.41, 5.74) is 2.80. The highest BCUT2D eigenvalue weighted by Crippen LogP contribution is 2.24. The molecule has 1 unspecified atom stereocenters. The number of nitrogens with zero attached hydrogens (tertiary/aromatic N) is 3. The molecule has 6 heteroatoms. The van der Waals surface area contributed by atoms with E-state index in [0.29, 0.717) is 6.04 Å². The number of thiophene rings is 1. The Morgan fingerprint density at radius 1 is 1.31 bits per heavy atom. The maximum absolute atomic E-state index is 4.44. The average molecular weight is 484 g/mol. The molecule has 0 radical (unpaired) electrons. The van der Waals surface area contributed by atoms with Crippen LogP contribution in [0, 0.1) is 0 Å². The molecule has 26 heavy (non-hydrogen) atoms. The van der Waals surface area contributed by atoms with Crippen LogP contribution < -0.4 is 5.32 Å². The first-order valence-electron chi connectivity index (χ1n) is 8.92. The Kier molecular flexibility index (Phi) is 8.37. The lowest BCUT2D eigenvalue weighted by Crippen LogP contribution is -2.47. The number of nitrogens with one attached hydrogen (secondary N) is 1. The van der Waals surface area contributed by atoms with E-state index in [9.17, 15) is 0 Å². The van der Waals surface area contributed by atoms with Gasteiger partial charge in [-0.1, -0.05) is 30.3 Å². The summed E-state index contributed by atoms with van der Waals surface area (Å²) in [6, 6.07) is 13.3. The maximum Gasteiger partial charge on any atom is 0.193 e. The van der Waals surface area contributed by atoms with E-state index in [2.05, 4.69) is 75.9 Å². The summed E-state index contributed by atoms with van der Waals surface area (Å²) in [6.07, 6.45) is 1.18. The highest BCUT2D eigenvalue weighted by Gasteiger charge is 2.21. The predicted octanol–water partition coefficient (Wildman–Crippen LogP) is 3.82. The van der Waals surface area contributed by atoms with E-state index in [0.717, 1.165) is 32.1 Å². The standard InChI is InChI=1S/C20H28N4S.HI/c1-16(24-11-9-19-18(15-24)10-12-25-19)13-22-20(21-2)23(3)14-17-7-5-4-6-8-17;/h4-8,10,12,16H,9,11,13-15H2,1-3H3,(H,21,22);1H. The first kappa shape index (κ1) is 21.2. The molecule has 0 saturated carbocycles. The van der Waals surface area contributed by atoms with Gasteiger partial charge in [0.1, 0.15) is 0 Å². The van der Waals surface area contributed by atoms with Crippen molar-refractivity contribution in [2.75, 3.05) is 27.2 Å². The Bertz CT molecular complexity index is 701. The molecule has 1 N–H and O–H groups in total. The minimum atomic E-state index is 0. The zero-order valence-electron chi connectivity index (χ0n) is 15.8. The minimum absolute atomic E-state index is 0. The van der Waals surface area contributed by atoms with Gasteiger partial charge in [0, 0.05) is 51.2 Å². The van der Waals surface area contributed by atoms with Crippen molar-refractivity contribution < 1.29 is 0 Å². The highest BCUT2D eigenvalue weighted by atomic mass is 127. The summed E-state index contributed by atoms with van der Waals surface area (Å²) in [6.45, 7) is 6.28. The first-order valence-corrected chi connectivity index (χ1v) is 9.80. The van der Waals surface area contributed by atoms with Gasteiger partial charge in [-0.2, -0.15) is 0 Å². The van der Waals surface area contributed by atoms with Crippen LogP contribution in [0.4, 0.5) is 0 Å². The quantitative estimate of drug-likeness (QED) is 0.398. The molecular formula is C20H29IN4S. The first-order chi connectivity index (χ1) is 12.2. The second kappa shape index (κ2) is 10.3. The van der Waals surface area contributed by atoms with Crippen molar-refractivity contribution in [3.05, 3.63) is 57.8 Å². The molecule has 0 saturated heterocycles. The zero-order chi connectivity index (χ0) is 17.6. The van der Waals surface area contributed by atoms with E-state index in [1.165, 1.54) is 17.5 Å². The number of fused-ring (bicyclic) bond motifs is 1. The average Bonchev–Trinajstić information content (AvgIpc) is 3.10. The van der Waals surface area contributed by atoms with E-state index in [-0.39, 0.29) is 24.0 Å². The topological polar surface area (TPSA) is 30.9 Å². The Labute approximate surface area is 178 Å². The number of aliphatic imine (C=N–C) groups is 1. The molecule has 1 aromatic carbocycles. The van der Waals surface area contributed by atoms with Crippen LogP contribution in [-0.4, -0.2) is 49.0 Å². The van der Waals surface area contributed by atoms with Gasteiger partial charge in [-0.05, 0) is 35.9 Å². The lowest BCUT2D eigenvalue weighted by Gasteiger charge is -2.33. The van der Waals surface area contributed by atoms with Gasteiger partial charge in [-0.15, -0.1) is 35.3 Å². The third-order valence-corrected chi connectivity index (χ3v) is 5.88. The van der Waals surface area contributed by atoms with E-state index in [1.807, 2.05) is 18.4 Å². The monoisotopic (exact) mass is 484 g/mol. The third-order valence-electron chi connectivity index (χ3n) is 4.85. The minimum Gasteiger partial charge on any atom is -0.355 e. The smallest absolute Gasteiger partial charge is 0.193 e. The largest absolute Gasteiger partial charge is 0.355 e. The van der Waals surface area contributed by atoms with Gasteiger partial charge >= 0.3 is 0 Å². The lowest BCUT2D eigenvalue weighted by atomic mass is 10.1. The molecule has 0 bridgehead atoms. The van der Waals surface area contributed by atoms with Crippen molar-refractivity contribution in [2.24, 2.45) is 4.99 Å². The van der Waals surface area contributed by atoms with E-state index in [4.69, 9.17) is 0 Å². The van der Waals surface area contributed by atoms with Gasteiger partial charge in [-0.3, -0.25) is 9.89 Å². The van der Waals surface area contributed by atoms with E-state index in [1.54, 1.807) is 4.88 Å². The molecule has 3 rings (SSSR count). The fraction of sp³-hybridized carbons (Fsp3) is 0.450. The molecule has 1 aliphatic rings. The van der Waals surface area contributed by atoms with Crippen LogP contribution in [-0.2, 0) is 19.5 Å². The van der Waals surface area contributed by atoms with Gasteiger partial charge in [0.25, 0.3) is 0 Å². The van der Waals surface area contributed by atoms with Crippen molar-refractivity contribution in [3.63, 3.8) is 0 Å². The van der Waals surface area contributed by atoms with Gasteiger partial charge in [0.2, 0.25) is 0 Å². The van der Waals surface area contributed by atoms with Crippen molar-refractivity contribution in [2.45, 2.75) is 32.5 Å². The number of hydrogen-bond acceptors (Lipinski definition) is 3. The molecule has 1 aliphatic heterocycles. The Morgan fingerprint density at radius 2 is 2.08 bits per heavy atom. The van der Waals surface area contributed by atoms with Crippen molar-refractivity contribution in [1.82, 2.24) is 15.1 Å². The fourth-order valence-electron chi connectivity index (χ4n) is 3.33. The summed E-state index contributed by atoms with van der Waals surface area (Å²) < 4.78 is 0. The molecule has 2 aromatic rings.